The molecule has 3 aromatic rings. The minimum Gasteiger partial charge on any atom is -0.490 e. The highest BCUT2D eigenvalue weighted by atomic mass is 79.9. The number of carbonyl (C=O) groups excluding carboxylic acids is 1. The van der Waals surface area contributed by atoms with Crippen molar-refractivity contribution in [3.05, 3.63) is 87.1 Å². The first kappa shape index (κ1) is 21.8. The number of nitrogens with one attached hydrogen (secondary N) is 1. The van der Waals surface area contributed by atoms with E-state index in [2.05, 4.69) is 31.4 Å². The Bertz CT molecular complexity index is 1030. The van der Waals surface area contributed by atoms with Gasteiger partial charge in [-0.2, -0.15) is 5.10 Å². The van der Waals surface area contributed by atoms with Crippen LogP contribution in [0.25, 0.3) is 0 Å². The van der Waals surface area contributed by atoms with Crippen LogP contribution in [-0.2, 0) is 6.61 Å². The number of hydrazone groups is 1. The predicted octanol–water partition coefficient (Wildman–Crippen LogP) is 5.24. The summed E-state index contributed by atoms with van der Waals surface area (Å²) in [5.74, 6) is 0.841. The average molecular weight is 489 g/mol. The fraction of sp³-hybridized carbons (Fsp3) is 0.136. The highest BCUT2D eigenvalue weighted by Gasteiger charge is 2.12. The van der Waals surface area contributed by atoms with Crippen LogP contribution in [0.5, 0.6) is 11.5 Å². The molecular weight excluding hydrogens is 470 g/mol. The summed E-state index contributed by atoms with van der Waals surface area (Å²) in [6.07, 6.45) is 4.63. The maximum Gasteiger partial charge on any atom is 0.271 e. The molecule has 0 unspecified atom stereocenters. The standard InChI is InChI=1S/C22H19BrClN3O3/c1-2-29-20-12-16(13-26-27-22(28)17-7-9-25-10-8-17)11-19(23)21(20)30-14-15-3-5-18(24)6-4-15/h3-13H,2,14H2,1H3,(H,27,28)/b26-13+. The lowest BCUT2D eigenvalue weighted by atomic mass is 10.2. The number of ether oxygens (including phenoxy) is 2. The molecular formula is C22H19BrClN3O3. The molecule has 2 aromatic carbocycles. The van der Waals surface area contributed by atoms with E-state index in [0.29, 0.717) is 39.8 Å². The Balaban J connectivity index is 1.71. The highest BCUT2D eigenvalue weighted by molar-refractivity contribution is 9.10. The fourth-order valence-corrected chi connectivity index (χ4v) is 3.24. The minimum absolute atomic E-state index is 0.319. The lowest BCUT2D eigenvalue weighted by Gasteiger charge is -2.14. The van der Waals surface area contributed by atoms with E-state index in [-0.39, 0.29) is 5.91 Å². The third kappa shape index (κ3) is 6.05. The van der Waals surface area contributed by atoms with Gasteiger partial charge < -0.3 is 9.47 Å². The molecule has 3 rings (SSSR count). The van der Waals surface area contributed by atoms with E-state index in [1.54, 1.807) is 30.6 Å². The monoisotopic (exact) mass is 487 g/mol. The summed E-state index contributed by atoms with van der Waals surface area (Å²) in [4.78, 5) is 15.9. The average Bonchev–Trinajstić information content (AvgIpc) is 2.75. The summed E-state index contributed by atoms with van der Waals surface area (Å²) in [7, 11) is 0. The zero-order valence-electron chi connectivity index (χ0n) is 16.1. The van der Waals surface area contributed by atoms with Crippen molar-refractivity contribution < 1.29 is 14.3 Å². The molecule has 1 heterocycles. The van der Waals surface area contributed by atoms with Crippen molar-refractivity contribution in [2.45, 2.75) is 13.5 Å². The van der Waals surface area contributed by atoms with E-state index in [0.717, 1.165) is 11.1 Å². The second-order valence-corrected chi connectivity index (χ2v) is 7.40. The molecule has 0 aliphatic heterocycles. The van der Waals surface area contributed by atoms with Crippen LogP contribution in [0.4, 0.5) is 0 Å². The first-order chi connectivity index (χ1) is 14.6. The van der Waals surface area contributed by atoms with E-state index in [4.69, 9.17) is 21.1 Å². The SMILES string of the molecule is CCOc1cc(/C=N/NC(=O)c2ccncc2)cc(Br)c1OCc1ccc(Cl)cc1. The van der Waals surface area contributed by atoms with Crippen molar-refractivity contribution in [3.63, 3.8) is 0 Å². The number of halogens is 2. The summed E-state index contributed by atoms with van der Waals surface area (Å²) in [5.41, 5.74) is 4.68. The van der Waals surface area contributed by atoms with Crippen molar-refractivity contribution in [2.24, 2.45) is 5.10 Å². The van der Waals surface area contributed by atoms with Crippen molar-refractivity contribution >= 4 is 39.7 Å². The molecule has 0 aliphatic rings. The number of benzene rings is 2. The Labute approximate surface area is 188 Å². The summed E-state index contributed by atoms with van der Waals surface area (Å²) >= 11 is 9.45. The second kappa shape index (κ2) is 10.8. The van der Waals surface area contributed by atoms with Gasteiger partial charge in [0.05, 0.1) is 17.3 Å². The molecule has 0 spiro atoms. The first-order valence-corrected chi connectivity index (χ1v) is 10.3. The van der Waals surface area contributed by atoms with Crippen molar-refractivity contribution in [3.8, 4) is 11.5 Å². The largest absolute Gasteiger partial charge is 0.490 e. The van der Waals surface area contributed by atoms with Crippen LogP contribution in [0.2, 0.25) is 5.02 Å². The quantitative estimate of drug-likeness (QED) is 0.348. The Morgan fingerprint density at radius 3 is 2.60 bits per heavy atom. The van der Waals surface area contributed by atoms with Crippen LogP contribution in [0.15, 0.2) is 70.5 Å². The van der Waals surface area contributed by atoms with Crippen molar-refractivity contribution in [2.75, 3.05) is 6.61 Å². The molecule has 8 heteroatoms. The number of carbonyl (C=O) groups is 1. The van der Waals surface area contributed by atoms with Crippen LogP contribution < -0.4 is 14.9 Å². The minimum atomic E-state index is -0.319. The van der Waals surface area contributed by atoms with Crippen LogP contribution in [0.1, 0.15) is 28.4 Å². The molecule has 0 saturated carbocycles. The van der Waals surface area contributed by atoms with Gasteiger partial charge in [0.2, 0.25) is 0 Å². The van der Waals surface area contributed by atoms with Crippen LogP contribution in [0, 0.1) is 0 Å². The maximum atomic E-state index is 12.1. The molecule has 1 N–H and O–H groups in total. The second-order valence-electron chi connectivity index (χ2n) is 6.11. The number of hydrogen-bond donors (Lipinski definition) is 1. The Kier molecular flexibility index (Phi) is 7.82. The normalized spacial score (nSPS) is 10.8. The van der Waals surface area contributed by atoms with Crippen molar-refractivity contribution in [1.29, 1.82) is 0 Å². The number of rotatable bonds is 8. The summed E-state index contributed by atoms with van der Waals surface area (Å²) in [6.45, 7) is 2.74. The van der Waals surface area contributed by atoms with Gasteiger partial charge in [0, 0.05) is 23.0 Å². The zero-order valence-corrected chi connectivity index (χ0v) is 18.5. The van der Waals surface area contributed by atoms with Gasteiger partial charge in [-0.3, -0.25) is 9.78 Å². The number of nitrogens with zero attached hydrogens (tertiary/aromatic N) is 2. The summed E-state index contributed by atoms with van der Waals surface area (Å²) in [6, 6.07) is 14.3. The highest BCUT2D eigenvalue weighted by Crippen LogP contribution is 2.37. The van der Waals surface area contributed by atoms with E-state index >= 15 is 0 Å². The Morgan fingerprint density at radius 2 is 1.90 bits per heavy atom. The number of pyridine rings is 1. The van der Waals surface area contributed by atoms with Gasteiger partial charge in [-0.05, 0) is 70.4 Å². The molecule has 1 amide bonds. The number of amides is 1. The topological polar surface area (TPSA) is 72.8 Å². The van der Waals surface area contributed by atoms with Gasteiger partial charge in [-0.15, -0.1) is 0 Å². The molecule has 0 saturated heterocycles. The fourth-order valence-electron chi connectivity index (χ4n) is 2.53. The van der Waals surface area contributed by atoms with E-state index < -0.39 is 0 Å². The lowest BCUT2D eigenvalue weighted by molar-refractivity contribution is 0.0955. The number of aromatic nitrogens is 1. The predicted molar refractivity (Wildman–Crippen MR) is 120 cm³/mol. The third-order valence-corrected chi connectivity index (χ3v) is 4.79. The van der Waals surface area contributed by atoms with E-state index in [1.807, 2.05) is 37.3 Å². The van der Waals surface area contributed by atoms with E-state index in [9.17, 15) is 4.79 Å². The third-order valence-electron chi connectivity index (χ3n) is 3.95. The molecule has 0 aliphatic carbocycles. The molecule has 0 atom stereocenters. The van der Waals surface area contributed by atoms with Crippen LogP contribution >= 0.6 is 27.5 Å². The van der Waals surface area contributed by atoms with Gasteiger partial charge in [-0.25, -0.2) is 5.43 Å². The number of hydrogen-bond acceptors (Lipinski definition) is 5. The van der Waals surface area contributed by atoms with Crippen molar-refractivity contribution in [1.82, 2.24) is 10.4 Å². The molecule has 0 radical (unpaired) electrons. The first-order valence-electron chi connectivity index (χ1n) is 9.14. The molecule has 30 heavy (non-hydrogen) atoms. The Morgan fingerprint density at radius 1 is 1.17 bits per heavy atom. The summed E-state index contributed by atoms with van der Waals surface area (Å²) < 4.78 is 12.4. The van der Waals surface area contributed by atoms with Gasteiger partial charge in [0.1, 0.15) is 6.61 Å². The molecule has 154 valence electrons. The Hall–Kier alpha value is -2.90. The van der Waals surface area contributed by atoms with Gasteiger partial charge >= 0.3 is 0 Å². The molecule has 0 bridgehead atoms. The van der Waals surface area contributed by atoms with E-state index in [1.165, 1.54) is 6.21 Å². The van der Waals surface area contributed by atoms with Crippen LogP contribution in [-0.4, -0.2) is 23.7 Å². The molecule has 6 nitrogen and oxygen atoms in total. The molecule has 1 aromatic heterocycles. The van der Waals surface area contributed by atoms with Crippen LogP contribution in [0.3, 0.4) is 0 Å². The zero-order chi connectivity index (χ0) is 21.3. The maximum absolute atomic E-state index is 12.1. The molecule has 0 fully saturated rings. The smallest absolute Gasteiger partial charge is 0.271 e. The van der Waals surface area contributed by atoms with Gasteiger partial charge in [0.15, 0.2) is 11.5 Å². The summed E-state index contributed by atoms with van der Waals surface area (Å²) in [5, 5.41) is 4.69. The van der Waals surface area contributed by atoms with Gasteiger partial charge in [-0.1, -0.05) is 23.7 Å². The lowest BCUT2D eigenvalue weighted by Crippen LogP contribution is -2.17. The van der Waals surface area contributed by atoms with Gasteiger partial charge in [0.25, 0.3) is 5.91 Å².